The van der Waals surface area contributed by atoms with E-state index in [1.165, 1.54) is 52.3 Å². The summed E-state index contributed by atoms with van der Waals surface area (Å²) in [6.45, 7) is 10.4. The van der Waals surface area contributed by atoms with E-state index < -0.39 is 6.36 Å². The summed E-state index contributed by atoms with van der Waals surface area (Å²) in [5.74, 6) is 0.163. The molecule has 0 radical (unpaired) electrons. The van der Waals surface area contributed by atoms with E-state index in [0.29, 0.717) is 11.5 Å². The van der Waals surface area contributed by atoms with Crippen molar-refractivity contribution < 1.29 is 17.9 Å². The Kier molecular flexibility index (Phi) is 9.77. The minimum Gasteiger partial charge on any atom is -0.406 e. The van der Waals surface area contributed by atoms with Crippen molar-refractivity contribution in [2.45, 2.75) is 34.1 Å². The predicted molar refractivity (Wildman–Crippen MR) is 189 cm³/mol. The van der Waals surface area contributed by atoms with Gasteiger partial charge in [0, 0.05) is 29.7 Å². The van der Waals surface area contributed by atoms with Crippen LogP contribution in [0.2, 0.25) is 0 Å². The number of aryl methyl sites for hydroxylation is 2. The van der Waals surface area contributed by atoms with Crippen molar-refractivity contribution in [3.63, 3.8) is 0 Å². The summed E-state index contributed by atoms with van der Waals surface area (Å²) in [6, 6.07) is 27.9. The smallest absolute Gasteiger partial charge is 0.406 e. The number of nitrogens with zero attached hydrogens (tertiary/aromatic N) is 7. The highest BCUT2D eigenvalue weighted by atomic mass is 32.1. The SMILES string of the molecule is CCN(CC)c1ccc(-c2cs/c(=N\N=C/c3ccc(-c4ncn(-c5ccc(OC(F)(F)F)cc5)n4)cc3)n2-c2c(C)cccc2C)cc1. The summed E-state index contributed by atoms with van der Waals surface area (Å²) in [5, 5.41) is 15.7. The number of alkyl halides is 3. The summed E-state index contributed by atoms with van der Waals surface area (Å²) in [5.41, 5.74) is 8.87. The molecular weight excluding hydrogens is 648 g/mol. The van der Waals surface area contributed by atoms with Crippen molar-refractivity contribution in [3.8, 4) is 39.8 Å². The molecule has 0 amide bonds. The van der Waals surface area contributed by atoms with Gasteiger partial charge in [0.25, 0.3) is 0 Å². The first-order valence-electron chi connectivity index (χ1n) is 15.7. The highest BCUT2D eigenvalue weighted by Gasteiger charge is 2.31. The highest BCUT2D eigenvalue weighted by Crippen LogP contribution is 2.29. The van der Waals surface area contributed by atoms with Crippen LogP contribution in [0.5, 0.6) is 5.75 Å². The Labute approximate surface area is 286 Å². The minimum atomic E-state index is -4.75. The summed E-state index contributed by atoms with van der Waals surface area (Å²) in [4.78, 5) is 7.44. The van der Waals surface area contributed by atoms with Crippen LogP contribution in [0.25, 0.3) is 34.0 Å². The van der Waals surface area contributed by atoms with Gasteiger partial charge in [-0.1, -0.05) is 54.6 Å². The molecule has 6 aromatic rings. The van der Waals surface area contributed by atoms with Crippen molar-refractivity contribution in [2.75, 3.05) is 18.0 Å². The van der Waals surface area contributed by atoms with Crippen LogP contribution in [0.15, 0.2) is 113 Å². The quantitative estimate of drug-likeness (QED) is 0.107. The Hall–Kier alpha value is -5.49. The van der Waals surface area contributed by atoms with Crippen molar-refractivity contribution in [1.29, 1.82) is 0 Å². The molecule has 2 heterocycles. The van der Waals surface area contributed by atoms with Gasteiger partial charge >= 0.3 is 6.36 Å². The van der Waals surface area contributed by atoms with E-state index in [0.717, 1.165) is 57.1 Å². The third kappa shape index (κ3) is 7.65. The van der Waals surface area contributed by atoms with Gasteiger partial charge in [-0.2, -0.15) is 5.10 Å². The monoisotopic (exact) mass is 681 g/mol. The van der Waals surface area contributed by atoms with E-state index in [1.807, 2.05) is 24.3 Å². The molecule has 0 spiro atoms. The molecule has 0 aliphatic heterocycles. The molecule has 2 aromatic heterocycles. The van der Waals surface area contributed by atoms with Crippen LogP contribution in [0.3, 0.4) is 0 Å². The van der Waals surface area contributed by atoms with Gasteiger partial charge in [-0.25, -0.2) is 9.67 Å². The maximum absolute atomic E-state index is 12.5. The van der Waals surface area contributed by atoms with Crippen molar-refractivity contribution in [2.24, 2.45) is 10.2 Å². The number of anilines is 1. The Bertz CT molecular complexity index is 2110. The second kappa shape index (κ2) is 14.3. The molecule has 0 aliphatic rings. The maximum Gasteiger partial charge on any atom is 0.573 e. The first kappa shape index (κ1) is 33.4. The van der Waals surface area contributed by atoms with Crippen LogP contribution in [0.4, 0.5) is 18.9 Å². The number of ether oxygens (including phenoxy) is 1. The molecular formula is C37H34F3N7OS. The van der Waals surface area contributed by atoms with Crippen molar-refractivity contribution in [3.05, 3.63) is 124 Å². The van der Waals surface area contributed by atoms with E-state index in [1.54, 1.807) is 6.21 Å². The first-order valence-corrected chi connectivity index (χ1v) is 16.6. The average Bonchev–Trinajstić information content (AvgIpc) is 3.74. The number of hydrogen-bond donors (Lipinski definition) is 0. The zero-order valence-electron chi connectivity index (χ0n) is 27.4. The molecule has 0 fully saturated rings. The molecule has 0 bridgehead atoms. The van der Waals surface area contributed by atoms with E-state index in [-0.39, 0.29) is 5.75 Å². The van der Waals surface area contributed by atoms with E-state index >= 15 is 0 Å². The van der Waals surface area contributed by atoms with Crippen LogP contribution < -0.4 is 14.4 Å². The summed E-state index contributed by atoms with van der Waals surface area (Å²) in [6.07, 6.45) is -1.54. The number of benzene rings is 4. The van der Waals surface area contributed by atoms with Crippen molar-refractivity contribution in [1.82, 2.24) is 19.3 Å². The lowest BCUT2D eigenvalue weighted by molar-refractivity contribution is -0.274. The Balaban J connectivity index is 1.24. The molecule has 0 saturated heterocycles. The lowest BCUT2D eigenvalue weighted by Gasteiger charge is -2.21. The highest BCUT2D eigenvalue weighted by molar-refractivity contribution is 7.07. The first-order chi connectivity index (χ1) is 23.6. The topological polar surface area (TPSA) is 72.8 Å². The molecule has 0 unspecified atom stereocenters. The number of aromatic nitrogens is 4. The van der Waals surface area contributed by atoms with Gasteiger partial charge in [-0.15, -0.1) is 34.7 Å². The fourth-order valence-electron chi connectivity index (χ4n) is 5.57. The van der Waals surface area contributed by atoms with Crippen LogP contribution in [0, 0.1) is 13.8 Å². The number of hydrogen-bond acceptors (Lipinski definition) is 7. The normalized spacial score (nSPS) is 12.2. The molecule has 0 aliphatic carbocycles. The second-order valence-corrected chi connectivity index (χ2v) is 12.1. The lowest BCUT2D eigenvalue weighted by Crippen LogP contribution is -2.21. The van der Waals surface area contributed by atoms with E-state index in [2.05, 4.69) is 110 Å². The zero-order valence-corrected chi connectivity index (χ0v) is 28.2. The molecule has 250 valence electrons. The largest absolute Gasteiger partial charge is 0.573 e. The second-order valence-electron chi connectivity index (χ2n) is 11.2. The fourth-order valence-corrected chi connectivity index (χ4v) is 6.42. The van der Waals surface area contributed by atoms with Gasteiger partial charge in [-0.3, -0.25) is 4.57 Å². The standard InChI is InChI=1S/C37H34F3N7OS/c1-5-45(6-2)30-16-14-28(15-17-30)33-23-49-36(47(33)34-25(3)8-7-9-26(34)4)43-42-22-27-10-12-29(13-11-27)35-41-24-46(44-35)31-18-20-32(21-19-31)48-37(38,39)40/h7-24H,5-6H2,1-4H3/b42-22-,43-36-. The maximum atomic E-state index is 12.5. The van der Waals surface area contributed by atoms with Gasteiger partial charge < -0.3 is 9.64 Å². The number of para-hydroxylation sites is 1. The van der Waals surface area contributed by atoms with Gasteiger partial charge in [0.05, 0.1) is 23.3 Å². The predicted octanol–water partition coefficient (Wildman–Crippen LogP) is 8.75. The van der Waals surface area contributed by atoms with E-state index in [9.17, 15) is 13.2 Å². The van der Waals surface area contributed by atoms with Gasteiger partial charge in [0.1, 0.15) is 12.1 Å². The Morgan fingerprint density at radius 3 is 2.14 bits per heavy atom. The molecule has 6 rings (SSSR count). The molecule has 0 atom stereocenters. The molecule has 49 heavy (non-hydrogen) atoms. The van der Waals surface area contributed by atoms with Crippen LogP contribution in [-0.4, -0.2) is 45.0 Å². The van der Waals surface area contributed by atoms with Gasteiger partial charge in [0.15, 0.2) is 5.82 Å². The number of halogens is 3. The molecule has 0 saturated carbocycles. The Morgan fingerprint density at radius 1 is 0.857 bits per heavy atom. The summed E-state index contributed by atoms with van der Waals surface area (Å²) < 4.78 is 45.0. The molecule has 8 nitrogen and oxygen atoms in total. The summed E-state index contributed by atoms with van der Waals surface area (Å²) in [7, 11) is 0. The molecule has 0 N–H and O–H groups in total. The minimum absolute atomic E-state index is 0.305. The van der Waals surface area contributed by atoms with Crippen LogP contribution in [0.1, 0.15) is 30.5 Å². The van der Waals surface area contributed by atoms with Crippen LogP contribution in [-0.2, 0) is 0 Å². The number of rotatable bonds is 10. The van der Waals surface area contributed by atoms with Crippen molar-refractivity contribution >= 4 is 23.2 Å². The third-order valence-corrected chi connectivity index (χ3v) is 8.82. The summed E-state index contributed by atoms with van der Waals surface area (Å²) >= 11 is 1.54. The fraction of sp³-hybridized carbons (Fsp3) is 0.189. The lowest BCUT2D eigenvalue weighted by atomic mass is 10.1. The van der Waals surface area contributed by atoms with Gasteiger partial charge in [-0.05, 0) is 86.3 Å². The molecule has 4 aromatic carbocycles. The zero-order chi connectivity index (χ0) is 34.5. The van der Waals surface area contributed by atoms with E-state index in [4.69, 9.17) is 0 Å². The Morgan fingerprint density at radius 2 is 1.51 bits per heavy atom. The number of thiazole rings is 1. The molecule has 12 heteroatoms. The average molecular weight is 682 g/mol. The van der Waals surface area contributed by atoms with Gasteiger partial charge in [0.2, 0.25) is 4.80 Å². The van der Waals surface area contributed by atoms with Crippen LogP contribution >= 0.6 is 11.3 Å². The third-order valence-electron chi connectivity index (χ3n) is 8.01.